The number of benzene rings is 3. The average molecular weight is 411 g/mol. The van der Waals surface area contributed by atoms with E-state index in [9.17, 15) is 10.1 Å². The van der Waals surface area contributed by atoms with Crippen molar-refractivity contribution < 1.29 is 9.34 Å². The van der Waals surface area contributed by atoms with E-state index in [1.54, 1.807) is 24.3 Å². The summed E-state index contributed by atoms with van der Waals surface area (Å²) in [7, 11) is 0. The Kier molecular flexibility index (Phi) is 4.86. The van der Waals surface area contributed by atoms with Gasteiger partial charge in [-0.3, -0.25) is 10.1 Å². The fraction of sp³-hybridized carbons (Fsp3) is 0. The van der Waals surface area contributed by atoms with E-state index in [2.05, 4.69) is 4.99 Å². The van der Waals surface area contributed by atoms with E-state index in [1.165, 1.54) is 12.1 Å². The van der Waals surface area contributed by atoms with E-state index >= 15 is 0 Å². The Bertz CT molecular complexity index is 1260. The summed E-state index contributed by atoms with van der Waals surface area (Å²) >= 11 is 11.9. The molecule has 0 saturated heterocycles. The molecule has 0 bridgehead atoms. The first-order valence-electron chi connectivity index (χ1n) is 8.29. The van der Waals surface area contributed by atoms with Crippen LogP contribution in [0.2, 0.25) is 10.0 Å². The van der Waals surface area contributed by atoms with Gasteiger partial charge in [0.15, 0.2) is 0 Å². The molecule has 7 heteroatoms. The lowest BCUT2D eigenvalue weighted by Crippen LogP contribution is -2.03. The van der Waals surface area contributed by atoms with E-state index in [0.717, 1.165) is 10.9 Å². The van der Waals surface area contributed by atoms with E-state index in [4.69, 9.17) is 27.6 Å². The summed E-state index contributed by atoms with van der Waals surface area (Å²) in [5, 5.41) is 13.3. The van der Waals surface area contributed by atoms with Crippen LogP contribution in [0.25, 0.3) is 22.3 Å². The number of nitro groups is 1. The van der Waals surface area contributed by atoms with Crippen LogP contribution in [-0.2, 0) is 0 Å². The van der Waals surface area contributed by atoms with Gasteiger partial charge in [-0.05, 0) is 48.5 Å². The highest BCUT2D eigenvalue weighted by atomic mass is 35.5. The minimum Gasteiger partial charge on any atom is -0.456 e. The summed E-state index contributed by atoms with van der Waals surface area (Å²) in [5.74, 6) is 0.609. The number of nitro benzene ring substituents is 1. The molecular formula is C21H12Cl2N2O3. The van der Waals surface area contributed by atoms with Gasteiger partial charge >= 0.3 is 0 Å². The van der Waals surface area contributed by atoms with Crippen molar-refractivity contribution in [1.29, 1.82) is 0 Å². The van der Waals surface area contributed by atoms with Gasteiger partial charge < -0.3 is 4.42 Å². The molecule has 1 heterocycles. The standard InChI is InChI=1S/C21H12Cl2N2O3/c22-14-7-5-13(6-8-14)21-12-18(16-3-1-2-4-20(16)28-21)24-15-9-10-17(23)19(11-15)25(26)27/h1-12H. The molecule has 0 aliphatic rings. The van der Waals surface area contributed by atoms with Crippen molar-refractivity contribution in [2.75, 3.05) is 0 Å². The first-order chi connectivity index (χ1) is 13.5. The van der Waals surface area contributed by atoms with Gasteiger partial charge in [0.05, 0.1) is 16.0 Å². The number of para-hydroxylation sites is 1. The zero-order valence-corrected chi connectivity index (χ0v) is 15.8. The van der Waals surface area contributed by atoms with E-state index in [1.807, 2.05) is 36.4 Å². The van der Waals surface area contributed by atoms with Gasteiger partial charge in [-0.1, -0.05) is 35.3 Å². The van der Waals surface area contributed by atoms with Crippen molar-refractivity contribution in [2.45, 2.75) is 0 Å². The minimum atomic E-state index is -0.529. The number of fused-ring (bicyclic) bond motifs is 1. The Balaban J connectivity index is 1.95. The molecule has 28 heavy (non-hydrogen) atoms. The minimum absolute atomic E-state index is 0.0683. The lowest BCUT2D eigenvalue weighted by Gasteiger charge is -2.05. The van der Waals surface area contributed by atoms with Crippen LogP contribution < -0.4 is 5.36 Å². The molecule has 5 nitrogen and oxygen atoms in total. The number of halogens is 2. The largest absolute Gasteiger partial charge is 0.456 e. The molecule has 0 aliphatic heterocycles. The molecule has 138 valence electrons. The van der Waals surface area contributed by atoms with Gasteiger partial charge in [0, 0.05) is 28.1 Å². The summed E-state index contributed by atoms with van der Waals surface area (Å²) in [6, 6.07) is 21.0. The van der Waals surface area contributed by atoms with Gasteiger partial charge in [0.25, 0.3) is 5.69 Å². The van der Waals surface area contributed by atoms with E-state index in [0.29, 0.717) is 27.4 Å². The van der Waals surface area contributed by atoms with Crippen LogP contribution in [-0.4, -0.2) is 4.92 Å². The van der Waals surface area contributed by atoms with Crippen LogP contribution >= 0.6 is 23.2 Å². The quantitative estimate of drug-likeness (QED) is 0.284. The molecule has 4 rings (SSSR count). The van der Waals surface area contributed by atoms with Gasteiger partial charge in [0.1, 0.15) is 16.4 Å². The van der Waals surface area contributed by atoms with Crippen molar-refractivity contribution in [2.24, 2.45) is 4.99 Å². The number of hydrogen-bond donors (Lipinski definition) is 0. The van der Waals surface area contributed by atoms with Crippen molar-refractivity contribution >= 4 is 45.5 Å². The second kappa shape index (κ2) is 7.46. The molecule has 0 radical (unpaired) electrons. The Morgan fingerprint density at radius 2 is 1.68 bits per heavy atom. The summed E-state index contributed by atoms with van der Waals surface area (Å²) in [6.07, 6.45) is 0. The van der Waals surface area contributed by atoms with Crippen LogP contribution in [0.4, 0.5) is 11.4 Å². The summed E-state index contributed by atoms with van der Waals surface area (Å²) < 4.78 is 6.01. The first-order valence-corrected chi connectivity index (χ1v) is 9.04. The number of hydrogen-bond acceptors (Lipinski definition) is 4. The van der Waals surface area contributed by atoms with Crippen LogP contribution in [0.3, 0.4) is 0 Å². The SMILES string of the molecule is O=[N+]([O-])c1cc(N=c2cc(-c3ccc(Cl)cc3)oc3ccccc23)ccc1Cl. The molecule has 0 aliphatic carbocycles. The molecular weight excluding hydrogens is 399 g/mol. The molecule has 0 unspecified atom stereocenters. The van der Waals surface area contributed by atoms with E-state index < -0.39 is 4.92 Å². The molecule has 4 aromatic rings. The van der Waals surface area contributed by atoms with Gasteiger partial charge in [-0.15, -0.1) is 0 Å². The molecule has 0 spiro atoms. The van der Waals surface area contributed by atoms with Crippen LogP contribution in [0.1, 0.15) is 0 Å². The predicted molar refractivity (Wildman–Crippen MR) is 110 cm³/mol. The molecule has 0 amide bonds. The number of rotatable bonds is 3. The third kappa shape index (κ3) is 3.63. The highest BCUT2D eigenvalue weighted by Gasteiger charge is 2.13. The van der Waals surface area contributed by atoms with Crippen molar-refractivity contribution in [3.8, 4) is 11.3 Å². The fourth-order valence-electron chi connectivity index (χ4n) is 2.82. The highest BCUT2D eigenvalue weighted by molar-refractivity contribution is 6.32. The maximum atomic E-state index is 11.2. The maximum Gasteiger partial charge on any atom is 0.290 e. The zero-order valence-electron chi connectivity index (χ0n) is 14.3. The highest BCUT2D eigenvalue weighted by Crippen LogP contribution is 2.29. The first kappa shape index (κ1) is 18.2. The Morgan fingerprint density at radius 1 is 0.929 bits per heavy atom. The van der Waals surface area contributed by atoms with Gasteiger partial charge in [-0.25, -0.2) is 4.99 Å². The zero-order chi connectivity index (χ0) is 19.7. The summed E-state index contributed by atoms with van der Waals surface area (Å²) in [4.78, 5) is 15.2. The molecule has 1 aromatic heterocycles. The van der Waals surface area contributed by atoms with Crippen molar-refractivity contribution in [3.63, 3.8) is 0 Å². The third-order valence-electron chi connectivity index (χ3n) is 4.16. The monoisotopic (exact) mass is 410 g/mol. The second-order valence-corrected chi connectivity index (χ2v) is 6.85. The second-order valence-electron chi connectivity index (χ2n) is 6.00. The summed E-state index contributed by atoms with van der Waals surface area (Å²) in [6.45, 7) is 0. The normalized spacial score (nSPS) is 11.7. The smallest absolute Gasteiger partial charge is 0.290 e. The molecule has 3 aromatic carbocycles. The van der Waals surface area contributed by atoms with Gasteiger partial charge in [-0.2, -0.15) is 0 Å². The van der Waals surface area contributed by atoms with Crippen LogP contribution in [0.15, 0.2) is 82.2 Å². The fourth-order valence-corrected chi connectivity index (χ4v) is 3.13. The topological polar surface area (TPSA) is 68.6 Å². The van der Waals surface area contributed by atoms with Crippen LogP contribution in [0.5, 0.6) is 0 Å². The lowest BCUT2D eigenvalue weighted by molar-refractivity contribution is -0.384. The Hall–Kier alpha value is -3.15. The predicted octanol–water partition coefficient (Wildman–Crippen LogP) is 6.55. The molecule has 0 fully saturated rings. The van der Waals surface area contributed by atoms with Crippen LogP contribution in [0, 0.1) is 10.1 Å². The lowest BCUT2D eigenvalue weighted by atomic mass is 10.1. The van der Waals surface area contributed by atoms with Crippen molar-refractivity contribution in [1.82, 2.24) is 0 Å². The Morgan fingerprint density at radius 3 is 2.43 bits per heavy atom. The molecule has 0 atom stereocenters. The van der Waals surface area contributed by atoms with Gasteiger partial charge in [0.2, 0.25) is 0 Å². The average Bonchev–Trinajstić information content (AvgIpc) is 2.69. The summed E-state index contributed by atoms with van der Waals surface area (Å²) in [5.41, 5.74) is 1.73. The van der Waals surface area contributed by atoms with Crippen molar-refractivity contribution in [3.05, 3.63) is 98.3 Å². The van der Waals surface area contributed by atoms with E-state index in [-0.39, 0.29) is 10.7 Å². The maximum absolute atomic E-state index is 11.2. The Labute approximate surface area is 169 Å². The molecule has 0 N–H and O–H groups in total. The molecule has 0 saturated carbocycles. The third-order valence-corrected chi connectivity index (χ3v) is 4.73. The number of nitrogens with zero attached hydrogens (tertiary/aromatic N) is 2.